The van der Waals surface area contributed by atoms with Crippen molar-refractivity contribution >= 4 is 22.7 Å². The molecule has 0 radical (unpaired) electrons. The second-order valence-corrected chi connectivity index (χ2v) is 3.35. The van der Waals surface area contributed by atoms with Gasteiger partial charge in [0.2, 0.25) is 0 Å². The number of rotatable bonds is 3. The maximum absolute atomic E-state index is 10.9. The van der Waals surface area contributed by atoms with Gasteiger partial charge >= 0.3 is 0 Å². The van der Waals surface area contributed by atoms with E-state index >= 15 is 0 Å². The van der Waals surface area contributed by atoms with Crippen LogP contribution in [0.1, 0.15) is 20.8 Å². The lowest BCUT2D eigenvalue weighted by molar-refractivity contribution is -0.126. The monoisotopic (exact) mass is 160 g/mol. The average molecular weight is 160 g/mol. The molecule has 0 aliphatic heterocycles. The Hall–Kier alpha value is -0.310. The topological polar surface area (TPSA) is 34.1 Å². The minimum atomic E-state index is -0.426. The Bertz CT molecular complexity index is 143. The number of carbonyl (C=O) groups excluding carboxylic acids is 2. The molecule has 3 heteroatoms. The van der Waals surface area contributed by atoms with E-state index in [4.69, 9.17) is 0 Å². The molecule has 0 aromatic rings. The van der Waals surface area contributed by atoms with Gasteiger partial charge in [-0.15, -0.1) is 0 Å². The summed E-state index contributed by atoms with van der Waals surface area (Å²) in [5, 5.41) is -0.0185. The molecule has 58 valence electrons. The molecule has 0 aliphatic rings. The molecule has 0 amide bonds. The molecule has 0 aromatic carbocycles. The zero-order valence-corrected chi connectivity index (χ0v) is 7.33. The third-order valence-electron chi connectivity index (χ3n) is 1.25. The Morgan fingerprint density at radius 2 is 2.00 bits per heavy atom. The van der Waals surface area contributed by atoms with Gasteiger partial charge in [-0.25, -0.2) is 0 Å². The van der Waals surface area contributed by atoms with Crippen LogP contribution in [0.3, 0.4) is 0 Å². The van der Waals surface area contributed by atoms with Gasteiger partial charge in [0.05, 0.1) is 5.92 Å². The Labute approximate surface area is 65.4 Å². The number of Topliss-reactive ketones (excluding diaryl/α,β-unsaturated/α-hetero) is 1. The van der Waals surface area contributed by atoms with Gasteiger partial charge in [-0.1, -0.05) is 18.7 Å². The van der Waals surface area contributed by atoms with Crippen molar-refractivity contribution in [1.29, 1.82) is 0 Å². The van der Waals surface area contributed by atoms with Crippen molar-refractivity contribution in [1.82, 2.24) is 0 Å². The summed E-state index contributed by atoms with van der Waals surface area (Å²) >= 11 is 1.21. The van der Waals surface area contributed by atoms with Crippen molar-refractivity contribution in [2.75, 3.05) is 5.75 Å². The van der Waals surface area contributed by atoms with Crippen molar-refractivity contribution < 1.29 is 9.59 Å². The fourth-order valence-corrected chi connectivity index (χ4v) is 1.13. The summed E-state index contributed by atoms with van der Waals surface area (Å²) in [7, 11) is 0. The summed E-state index contributed by atoms with van der Waals surface area (Å²) in [4.78, 5) is 21.6. The summed E-state index contributed by atoms with van der Waals surface area (Å²) in [5.74, 6) is 0.270. The van der Waals surface area contributed by atoms with Crippen LogP contribution in [0.5, 0.6) is 0 Å². The first kappa shape index (κ1) is 9.69. The molecule has 2 nitrogen and oxygen atoms in total. The predicted octanol–water partition coefficient (Wildman–Crippen LogP) is 1.49. The van der Waals surface area contributed by atoms with E-state index in [0.717, 1.165) is 5.75 Å². The standard InChI is InChI=1S/C7H12O2S/c1-4-10-7(9)5(2)6(3)8/h5H,4H2,1-3H3. The lowest BCUT2D eigenvalue weighted by Gasteiger charge is -2.02. The SMILES string of the molecule is CCSC(=O)C(C)C(C)=O. The van der Waals surface area contributed by atoms with E-state index in [1.807, 2.05) is 6.92 Å². The summed E-state index contributed by atoms with van der Waals surface area (Å²) in [6.07, 6.45) is 0. The highest BCUT2D eigenvalue weighted by Gasteiger charge is 2.16. The van der Waals surface area contributed by atoms with Crippen LogP contribution in [0.2, 0.25) is 0 Å². The van der Waals surface area contributed by atoms with Crippen molar-refractivity contribution in [2.45, 2.75) is 20.8 Å². The summed E-state index contributed by atoms with van der Waals surface area (Å²) < 4.78 is 0. The van der Waals surface area contributed by atoms with Gasteiger partial charge in [-0.3, -0.25) is 9.59 Å². The molecule has 0 saturated carbocycles. The maximum Gasteiger partial charge on any atom is 0.199 e. The predicted molar refractivity (Wildman–Crippen MR) is 43.0 cm³/mol. The van der Waals surface area contributed by atoms with Gasteiger partial charge in [0.15, 0.2) is 5.12 Å². The molecule has 0 saturated heterocycles. The number of thioether (sulfide) groups is 1. The molecule has 0 aliphatic carbocycles. The number of ketones is 1. The smallest absolute Gasteiger partial charge is 0.199 e. The fraction of sp³-hybridized carbons (Fsp3) is 0.714. The first-order valence-electron chi connectivity index (χ1n) is 3.26. The zero-order chi connectivity index (χ0) is 8.15. The molecule has 10 heavy (non-hydrogen) atoms. The van der Waals surface area contributed by atoms with Gasteiger partial charge < -0.3 is 0 Å². The van der Waals surface area contributed by atoms with E-state index in [1.165, 1.54) is 18.7 Å². The zero-order valence-electron chi connectivity index (χ0n) is 6.51. The molecule has 0 spiro atoms. The van der Waals surface area contributed by atoms with E-state index in [9.17, 15) is 9.59 Å². The lowest BCUT2D eigenvalue weighted by atomic mass is 10.1. The minimum Gasteiger partial charge on any atom is -0.299 e. The van der Waals surface area contributed by atoms with Crippen LogP contribution in [-0.4, -0.2) is 16.7 Å². The molecule has 0 fully saturated rings. The van der Waals surface area contributed by atoms with E-state index in [2.05, 4.69) is 0 Å². The van der Waals surface area contributed by atoms with E-state index < -0.39 is 5.92 Å². The van der Waals surface area contributed by atoms with Crippen molar-refractivity contribution in [3.05, 3.63) is 0 Å². The second kappa shape index (κ2) is 4.50. The van der Waals surface area contributed by atoms with Crippen molar-refractivity contribution in [3.63, 3.8) is 0 Å². The highest BCUT2D eigenvalue weighted by Crippen LogP contribution is 2.10. The van der Waals surface area contributed by atoms with Gasteiger partial charge in [0, 0.05) is 0 Å². The largest absolute Gasteiger partial charge is 0.299 e. The Morgan fingerprint density at radius 3 is 2.30 bits per heavy atom. The number of hydrogen-bond donors (Lipinski definition) is 0. The molecule has 0 heterocycles. The molecule has 1 atom stereocenters. The second-order valence-electron chi connectivity index (χ2n) is 2.08. The van der Waals surface area contributed by atoms with Crippen LogP contribution in [-0.2, 0) is 9.59 Å². The summed E-state index contributed by atoms with van der Waals surface area (Å²) in [6, 6.07) is 0. The molecule has 0 aromatic heterocycles. The number of carbonyl (C=O) groups is 2. The van der Waals surface area contributed by atoms with Crippen LogP contribution < -0.4 is 0 Å². The highest BCUT2D eigenvalue weighted by atomic mass is 32.2. The quantitative estimate of drug-likeness (QED) is 0.587. The van der Waals surface area contributed by atoms with Crippen LogP contribution in [0.4, 0.5) is 0 Å². The highest BCUT2D eigenvalue weighted by molar-refractivity contribution is 8.13. The molecular weight excluding hydrogens is 148 g/mol. The van der Waals surface area contributed by atoms with E-state index in [-0.39, 0.29) is 10.9 Å². The van der Waals surface area contributed by atoms with Crippen LogP contribution >= 0.6 is 11.8 Å². The van der Waals surface area contributed by atoms with Crippen LogP contribution in [0.15, 0.2) is 0 Å². The first-order valence-corrected chi connectivity index (χ1v) is 4.25. The third-order valence-corrected chi connectivity index (χ3v) is 2.18. The van der Waals surface area contributed by atoms with Gasteiger partial charge in [0.25, 0.3) is 0 Å². The van der Waals surface area contributed by atoms with Crippen molar-refractivity contribution in [3.8, 4) is 0 Å². The molecule has 0 N–H and O–H groups in total. The van der Waals surface area contributed by atoms with Crippen LogP contribution in [0.25, 0.3) is 0 Å². The van der Waals surface area contributed by atoms with E-state index in [1.54, 1.807) is 6.92 Å². The first-order chi connectivity index (χ1) is 4.59. The third kappa shape index (κ3) is 3.01. The summed E-state index contributed by atoms with van der Waals surface area (Å²) in [5.41, 5.74) is 0. The Balaban J connectivity index is 3.82. The molecule has 0 rings (SSSR count). The van der Waals surface area contributed by atoms with Crippen LogP contribution in [0, 0.1) is 5.92 Å². The lowest BCUT2D eigenvalue weighted by Crippen LogP contribution is -2.15. The van der Waals surface area contributed by atoms with Gasteiger partial charge in [0.1, 0.15) is 5.78 Å². The maximum atomic E-state index is 10.9. The fourth-order valence-electron chi connectivity index (χ4n) is 0.433. The molecule has 1 unspecified atom stereocenters. The molecule has 0 bridgehead atoms. The average Bonchev–Trinajstić information content (AvgIpc) is 1.87. The summed E-state index contributed by atoms with van der Waals surface area (Å²) in [6.45, 7) is 4.99. The van der Waals surface area contributed by atoms with Crippen molar-refractivity contribution in [2.24, 2.45) is 5.92 Å². The normalized spacial score (nSPS) is 12.7. The Morgan fingerprint density at radius 1 is 1.50 bits per heavy atom. The van der Waals surface area contributed by atoms with Gasteiger partial charge in [-0.2, -0.15) is 0 Å². The Kier molecular flexibility index (Phi) is 4.36. The van der Waals surface area contributed by atoms with E-state index in [0.29, 0.717) is 0 Å². The minimum absolute atomic E-state index is 0.0185. The van der Waals surface area contributed by atoms with Gasteiger partial charge in [-0.05, 0) is 19.6 Å². The molecular formula is C7H12O2S. The number of hydrogen-bond acceptors (Lipinski definition) is 3.